The molecule has 0 fully saturated rings. The van der Waals surface area contributed by atoms with Crippen LogP contribution in [0.2, 0.25) is 0 Å². The van der Waals surface area contributed by atoms with Gasteiger partial charge in [0.15, 0.2) is 0 Å². The van der Waals surface area contributed by atoms with Crippen molar-refractivity contribution in [3.8, 4) is 0 Å². The minimum Gasteiger partial charge on any atom is -0.349 e. The first-order valence-electron chi connectivity index (χ1n) is 6.24. The summed E-state index contributed by atoms with van der Waals surface area (Å²) in [5.41, 5.74) is 1.24. The van der Waals surface area contributed by atoms with Gasteiger partial charge in [-0.05, 0) is 25.1 Å². The van der Waals surface area contributed by atoms with E-state index in [9.17, 15) is 4.79 Å². The molecular formula is C13H20Cl2N4O. The number of aromatic nitrogens is 2. The van der Waals surface area contributed by atoms with Crippen LogP contribution in [0.25, 0.3) is 5.65 Å². The summed E-state index contributed by atoms with van der Waals surface area (Å²) >= 11 is 0. The first-order chi connectivity index (χ1) is 8.81. The third-order valence-electron chi connectivity index (χ3n) is 2.61. The van der Waals surface area contributed by atoms with Crippen LogP contribution in [0, 0.1) is 0 Å². The number of carbonyl (C=O) groups excluding carboxylic acids is 1. The van der Waals surface area contributed by atoms with Crippen LogP contribution in [0.1, 0.15) is 23.8 Å². The summed E-state index contributed by atoms with van der Waals surface area (Å²) in [5.74, 6) is -0.128. The fraction of sp³-hybridized carbons (Fsp3) is 0.385. The van der Waals surface area contributed by atoms with E-state index in [0.29, 0.717) is 12.2 Å². The molecule has 2 aromatic rings. The zero-order valence-electron chi connectivity index (χ0n) is 11.3. The molecule has 0 saturated heterocycles. The lowest BCUT2D eigenvalue weighted by atomic mass is 10.4. The molecule has 2 heterocycles. The van der Waals surface area contributed by atoms with E-state index in [1.165, 1.54) is 0 Å². The zero-order chi connectivity index (χ0) is 12.8. The van der Waals surface area contributed by atoms with Crippen LogP contribution in [0.15, 0.2) is 30.6 Å². The van der Waals surface area contributed by atoms with Crippen molar-refractivity contribution < 1.29 is 4.79 Å². The molecule has 2 aromatic heterocycles. The van der Waals surface area contributed by atoms with Crippen LogP contribution in [0.3, 0.4) is 0 Å². The van der Waals surface area contributed by atoms with E-state index in [4.69, 9.17) is 0 Å². The Morgan fingerprint density at radius 3 is 2.75 bits per heavy atom. The normalized spacial score (nSPS) is 9.65. The molecule has 20 heavy (non-hydrogen) atoms. The Hall–Kier alpha value is -1.30. The number of carbonyl (C=O) groups is 1. The highest BCUT2D eigenvalue weighted by molar-refractivity contribution is 5.92. The highest BCUT2D eigenvalue weighted by Gasteiger charge is 2.09. The maximum Gasteiger partial charge on any atom is 0.271 e. The second-order valence-electron chi connectivity index (χ2n) is 4.10. The monoisotopic (exact) mass is 318 g/mol. The molecule has 7 heteroatoms. The highest BCUT2D eigenvalue weighted by Crippen LogP contribution is 2.03. The summed E-state index contributed by atoms with van der Waals surface area (Å²) in [5, 5.41) is 6.07. The molecule has 1 amide bonds. The summed E-state index contributed by atoms with van der Waals surface area (Å²) in [4.78, 5) is 16.1. The number of hydrogen-bond acceptors (Lipinski definition) is 3. The Morgan fingerprint density at radius 2 is 2.05 bits per heavy atom. The Balaban J connectivity index is 0.00000180. The van der Waals surface area contributed by atoms with Gasteiger partial charge in [-0.2, -0.15) is 0 Å². The lowest BCUT2D eigenvalue weighted by Gasteiger charge is -2.03. The SMILES string of the molecule is CCCNCCNC(=O)c1cn2ccccc2n1.Cl.Cl. The molecule has 0 aliphatic rings. The lowest BCUT2D eigenvalue weighted by Crippen LogP contribution is -2.32. The van der Waals surface area contributed by atoms with Gasteiger partial charge in [-0.25, -0.2) is 4.98 Å². The van der Waals surface area contributed by atoms with Gasteiger partial charge in [-0.15, -0.1) is 24.8 Å². The molecule has 0 aliphatic carbocycles. The Morgan fingerprint density at radius 1 is 1.25 bits per heavy atom. The van der Waals surface area contributed by atoms with E-state index >= 15 is 0 Å². The summed E-state index contributed by atoms with van der Waals surface area (Å²) in [6, 6.07) is 5.68. The Bertz CT molecular complexity index is 497. The van der Waals surface area contributed by atoms with Crippen LogP contribution in [0.5, 0.6) is 0 Å². The smallest absolute Gasteiger partial charge is 0.271 e. The second kappa shape index (κ2) is 9.58. The fourth-order valence-corrected chi connectivity index (χ4v) is 1.70. The summed E-state index contributed by atoms with van der Waals surface area (Å²) in [6.45, 7) is 4.49. The molecule has 0 aromatic carbocycles. The number of nitrogens with one attached hydrogen (secondary N) is 2. The van der Waals surface area contributed by atoms with Gasteiger partial charge < -0.3 is 15.0 Å². The highest BCUT2D eigenvalue weighted by atomic mass is 35.5. The predicted molar refractivity (Wildman–Crippen MR) is 85.2 cm³/mol. The van der Waals surface area contributed by atoms with Crippen molar-refractivity contribution in [1.29, 1.82) is 0 Å². The number of hydrogen-bond donors (Lipinski definition) is 2. The molecule has 0 spiro atoms. The molecule has 0 unspecified atom stereocenters. The van der Waals surface area contributed by atoms with Crippen molar-refractivity contribution in [3.63, 3.8) is 0 Å². The molecular weight excluding hydrogens is 299 g/mol. The summed E-state index contributed by atoms with van der Waals surface area (Å²) < 4.78 is 1.84. The molecule has 5 nitrogen and oxygen atoms in total. The molecule has 2 N–H and O–H groups in total. The second-order valence-corrected chi connectivity index (χ2v) is 4.10. The van der Waals surface area contributed by atoms with E-state index in [1.54, 1.807) is 6.20 Å². The lowest BCUT2D eigenvalue weighted by molar-refractivity contribution is 0.0949. The predicted octanol–water partition coefficient (Wildman–Crippen LogP) is 1.91. The van der Waals surface area contributed by atoms with Crippen molar-refractivity contribution >= 4 is 36.4 Å². The fourth-order valence-electron chi connectivity index (χ4n) is 1.70. The first kappa shape index (κ1) is 18.7. The van der Waals surface area contributed by atoms with Crippen molar-refractivity contribution in [2.24, 2.45) is 0 Å². The minimum absolute atomic E-state index is 0. The minimum atomic E-state index is -0.128. The van der Waals surface area contributed by atoms with Crippen molar-refractivity contribution in [2.75, 3.05) is 19.6 Å². The zero-order valence-corrected chi connectivity index (χ0v) is 13.0. The number of imidazole rings is 1. The van der Waals surface area contributed by atoms with Crippen LogP contribution in [-0.4, -0.2) is 34.9 Å². The number of fused-ring (bicyclic) bond motifs is 1. The Kier molecular flexibility index (Phi) is 8.96. The third kappa shape index (κ3) is 5.00. The number of nitrogens with zero attached hydrogens (tertiary/aromatic N) is 2. The van der Waals surface area contributed by atoms with Crippen molar-refractivity contribution in [3.05, 3.63) is 36.3 Å². The van der Waals surface area contributed by atoms with Crippen LogP contribution < -0.4 is 10.6 Å². The van der Waals surface area contributed by atoms with Gasteiger partial charge in [0.1, 0.15) is 11.3 Å². The van der Waals surface area contributed by atoms with E-state index < -0.39 is 0 Å². The van der Waals surface area contributed by atoms with E-state index in [2.05, 4.69) is 22.5 Å². The number of pyridine rings is 1. The van der Waals surface area contributed by atoms with Crippen molar-refractivity contribution in [2.45, 2.75) is 13.3 Å². The van der Waals surface area contributed by atoms with Gasteiger partial charge in [0.05, 0.1) is 0 Å². The van der Waals surface area contributed by atoms with Gasteiger partial charge in [0.25, 0.3) is 5.91 Å². The standard InChI is InChI=1S/C13H18N4O.2ClH/c1-2-6-14-7-8-15-13(18)11-10-17-9-4-3-5-12(17)16-11;;/h3-5,9-10,14H,2,6-8H2,1H3,(H,15,18);2*1H. The summed E-state index contributed by atoms with van der Waals surface area (Å²) in [6.07, 6.45) is 4.71. The van der Waals surface area contributed by atoms with Crippen molar-refractivity contribution in [1.82, 2.24) is 20.0 Å². The Labute approximate surface area is 131 Å². The van der Waals surface area contributed by atoms with Crippen LogP contribution in [0.4, 0.5) is 0 Å². The third-order valence-corrected chi connectivity index (χ3v) is 2.61. The van der Waals surface area contributed by atoms with Gasteiger partial charge in [0, 0.05) is 25.5 Å². The van der Waals surface area contributed by atoms with Crippen LogP contribution in [-0.2, 0) is 0 Å². The van der Waals surface area contributed by atoms with E-state index in [0.717, 1.165) is 25.2 Å². The van der Waals surface area contributed by atoms with Gasteiger partial charge in [-0.3, -0.25) is 4.79 Å². The quantitative estimate of drug-likeness (QED) is 0.800. The van der Waals surface area contributed by atoms with Gasteiger partial charge >= 0.3 is 0 Å². The van der Waals surface area contributed by atoms with Crippen LogP contribution >= 0.6 is 24.8 Å². The molecule has 0 atom stereocenters. The first-order valence-corrected chi connectivity index (χ1v) is 6.24. The molecule has 0 saturated carbocycles. The largest absolute Gasteiger partial charge is 0.349 e. The van der Waals surface area contributed by atoms with Gasteiger partial charge in [0.2, 0.25) is 0 Å². The average molecular weight is 319 g/mol. The molecule has 0 aliphatic heterocycles. The number of halogens is 2. The molecule has 0 bridgehead atoms. The maximum absolute atomic E-state index is 11.8. The summed E-state index contributed by atoms with van der Waals surface area (Å²) in [7, 11) is 0. The molecule has 112 valence electrons. The number of amides is 1. The molecule has 0 radical (unpaired) electrons. The maximum atomic E-state index is 11.8. The van der Waals surface area contributed by atoms with Gasteiger partial charge in [-0.1, -0.05) is 13.0 Å². The topological polar surface area (TPSA) is 58.4 Å². The van der Waals surface area contributed by atoms with E-state index in [-0.39, 0.29) is 30.7 Å². The number of rotatable bonds is 6. The molecule has 2 rings (SSSR count). The van der Waals surface area contributed by atoms with E-state index in [1.807, 2.05) is 28.8 Å². The average Bonchev–Trinajstić information content (AvgIpc) is 2.82.